The summed E-state index contributed by atoms with van der Waals surface area (Å²) in [4.78, 5) is 44.3. The fourth-order valence-corrected chi connectivity index (χ4v) is 5.90. The Balaban J connectivity index is 0.000000654. The molecule has 6 aromatic rings. The predicted octanol–water partition coefficient (Wildman–Crippen LogP) is 6.84. The van der Waals surface area contributed by atoms with Gasteiger partial charge in [0.25, 0.3) is 5.91 Å². The summed E-state index contributed by atoms with van der Waals surface area (Å²) in [6, 6.07) is 32.2. The van der Waals surface area contributed by atoms with Gasteiger partial charge in [-0.2, -0.15) is 13.2 Å². The number of carboxylic acids is 1. The van der Waals surface area contributed by atoms with Gasteiger partial charge < -0.3 is 31.0 Å². The number of hydrogen-bond acceptors (Lipinski definition) is 4. The molecule has 9 nitrogen and oxygen atoms in total. The van der Waals surface area contributed by atoms with Crippen LogP contribution in [-0.2, 0) is 29.0 Å². The molecule has 4 aromatic carbocycles. The Bertz CT molecular complexity index is 2120. The maximum atomic E-state index is 13.8. The molecule has 12 heteroatoms. The number of hydrogen-bond donors (Lipinski definition) is 5. The molecule has 264 valence electrons. The Morgan fingerprint density at radius 1 is 0.784 bits per heavy atom. The monoisotopic (exact) mass is 697 g/mol. The van der Waals surface area contributed by atoms with Crippen LogP contribution in [-0.4, -0.2) is 63.6 Å². The van der Waals surface area contributed by atoms with E-state index in [0.29, 0.717) is 44.6 Å². The van der Waals surface area contributed by atoms with E-state index in [1.807, 2.05) is 84.0 Å². The molecule has 0 saturated heterocycles. The molecule has 0 spiro atoms. The molecule has 0 atom stereocenters. The lowest BCUT2D eigenvalue weighted by molar-refractivity contribution is -0.192. The normalized spacial score (nSPS) is 11.2. The number of fused-ring (bicyclic) bond motifs is 2. The number of nitrogens with one attached hydrogen (secondary N) is 3. The summed E-state index contributed by atoms with van der Waals surface area (Å²) in [7, 11) is 0. The molecule has 2 amide bonds. The highest BCUT2D eigenvalue weighted by Gasteiger charge is 2.38. The molecule has 0 fully saturated rings. The highest BCUT2D eigenvalue weighted by Crippen LogP contribution is 2.26. The van der Waals surface area contributed by atoms with Crippen LogP contribution in [0.2, 0.25) is 0 Å². The number of H-pyrrole nitrogens is 2. The van der Waals surface area contributed by atoms with Gasteiger partial charge in [0.05, 0.1) is 0 Å². The zero-order valence-electron chi connectivity index (χ0n) is 27.7. The summed E-state index contributed by atoms with van der Waals surface area (Å²) in [5, 5.41) is 12.3. The van der Waals surface area contributed by atoms with E-state index >= 15 is 0 Å². The number of para-hydroxylation sites is 2. The van der Waals surface area contributed by atoms with Gasteiger partial charge >= 0.3 is 12.1 Å². The maximum absolute atomic E-state index is 13.8. The molecule has 2 heterocycles. The number of amides is 2. The molecular formula is C39H38F3N5O4. The van der Waals surface area contributed by atoms with Crippen LogP contribution in [0.3, 0.4) is 0 Å². The van der Waals surface area contributed by atoms with Gasteiger partial charge in [0.2, 0.25) is 5.91 Å². The Morgan fingerprint density at radius 2 is 1.37 bits per heavy atom. The van der Waals surface area contributed by atoms with Crippen molar-refractivity contribution in [2.45, 2.75) is 32.0 Å². The number of aryl methyl sites for hydroxylation is 1. The first-order valence-electron chi connectivity index (χ1n) is 16.4. The first kappa shape index (κ1) is 36.4. The summed E-state index contributed by atoms with van der Waals surface area (Å²) in [6.07, 6.45) is 0.801. The van der Waals surface area contributed by atoms with E-state index in [4.69, 9.17) is 15.6 Å². The average Bonchev–Trinajstić information content (AvgIpc) is 3.75. The Hall–Kier alpha value is -5.88. The Morgan fingerprint density at radius 3 is 2.00 bits per heavy atom. The van der Waals surface area contributed by atoms with Gasteiger partial charge in [-0.1, -0.05) is 72.8 Å². The van der Waals surface area contributed by atoms with Crippen molar-refractivity contribution < 1.29 is 32.7 Å². The third-order valence-electron chi connectivity index (χ3n) is 8.42. The quantitative estimate of drug-likeness (QED) is 0.0951. The standard InChI is InChI=1S/C37H37N5O2.C2HF3O2/c38-19-20-39-37(44)33-13-2-1-10-30(33)27-9-7-8-26(22-27)25-42(21-18-29-24-41-35-15-6-4-12-32(29)35)36(43)17-16-28-23-40-34-14-5-3-11-31(28)34;3-2(4,5)1(6)7/h1-15,22-24,40-41H,16-21,25,38H2,(H,39,44);(H,6,7). The lowest BCUT2D eigenvalue weighted by Crippen LogP contribution is -2.32. The number of nitrogens with zero attached hydrogens (tertiary/aromatic N) is 1. The Labute approximate surface area is 292 Å². The van der Waals surface area contributed by atoms with E-state index in [1.54, 1.807) is 0 Å². The second-order valence-electron chi connectivity index (χ2n) is 11.9. The molecule has 51 heavy (non-hydrogen) atoms. The SMILES string of the molecule is NCCNC(=O)c1ccccc1-c1cccc(CN(CCc2c[nH]c3ccccc23)C(=O)CCc2c[nH]c3ccccc23)c1.O=C(O)C(F)(F)F. The first-order valence-corrected chi connectivity index (χ1v) is 16.4. The van der Waals surface area contributed by atoms with Crippen molar-refractivity contribution in [3.8, 4) is 11.1 Å². The molecule has 0 saturated carbocycles. The van der Waals surface area contributed by atoms with Crippen LogP contribution in [0.1, 0.15) is 33.5 Å². The van der Waals surface area contributed by atoms with Gasteiger partial charge in [-0.15, -0.1) is 0 Å². The number of carboxylic acid groups (broad SMARTS) is 1. The molecule has 0 unspecified atom stereocenters. The van der Waals surface area contributed by atoms with Crippen molar-refractivity contribution >= 4 is 39.6 Å². The minimum absolute atomic E-state index is 0.113. The van der Waals surface area contributed by atoms with Gasteiger partial charge in [0, 0.05) is 72.4 Å². The van der Waals surface area contributed by atoms with Gasteiger partial charge in [-0.25, -0.2) is 4.79 Å². The summed E-state index contributed by atoms with van der Waals surface area (Å²) >= 11 is 0. The number of aliphatic carboxylic acids is 1. The second-order valence-corrected chi connectivity index (χ2v) is 11.9. The molecule has 6 rings (SSSR count). The highest BCUT2D eigenvalue weighted by molar-refractivity contribution is 6.01. The van der Waals surface area contributed by atoms with E-state index in [9.17, 15) is 22.8 Å². The molecule has 0 radical (unpaired) electrons. The zero-order chi connectivity index (χ0) is 36.4. The number of alkyl halides is 3. The first-order chi connectivity index (χ1) is 24.5. The van der Waals surface area contributed by atoms with Crippen LogP contribution < -0.4 is 11.1 Å². The van der Waals surface area contributed by atoms with E-state index in [1.165, 1.54) is 10.9 Å². The van der Waals surface area contributed by atoms with Crippen LogP contribution in [0.15, 0.2) is 109 Å². The third kappa shape index (κ3) is 9.43. The van der Waals surface area contributed by atoms with Gasteiger partial charge in [0.1, 0.15) is 0 Å². The zero-order valence-corrected chi connectivity index (χ0v) is 27.7. The van der Waals surface area contributed by atoms with Gasteiger partial charge in [-0.3, -0.25) is 9.59 Å². The second kappa shape index (κ2) is 16.7. The lowest BCUT2D eigenvalue weighted by Gasteiger charge is -2.23. The van der Waals surface area contributed by atoms with Crippen molar-refractivity contribution in [3.63, 3.8) is 0 Å². The van der Waals surface area contributed by atoms with Gasteiger partial charge in [0.15, 0.2) is 0 Å². The highest BCUT2D eigenvalue weighted by atomic mass is 19.4. The van der Waals surface area contributed by atoms with Crippen LogP contribution in [0.5, 0.6) is 0 Å². The number of carbonyl (C=O) groups is 3. The van der Waals surface area contributed by atoms with Crippen molar-refractivity contribution in [2.75, 3.05) is 19.6 Å². The molecular weight excluding hydrogens is 659 g/mol. The maximum Gasteiger partial charge on any atom is 0.490 e. The molecule has 0 aliphatic heterocycles. The van der Waals surface area contributed by atoms with Crippen LogP contribution in [0, 0.1) is 0 Å². The number of nitrogens with two attached hydrogens (primary N) is 1. The number of halogens is 3. The molecule has 0 bridgehead atoms. The summed E-state index contributed by atoms with van der Waals surface area (Å²) in [5.41, 5.74) is 13.5. The summed E-state index contributed by atoms with van der Waals surface area (Å²) in [6.45, 7) is 1.87. The lowest BCUT2D eigenvalue weighted by atomic mass is 9.97. The minimum Gasteiger partial charge on any atom is -0.475 e. The van der Waals surface area contributed by atoms with Crippen LogP contribution in [0.25, 0.3) is 32.9 Å². The van der Waals surface area contributed by atoms with Crippen LogP contribution >= 0.6 is 0 Å². The molecule has 0 aliphatic carbocycles. The van der Waals surface area contributed by atoms with E-state index in [0.717, 1.165) is 45.1 Å². The van der Waals surface area contributed by atoms with Gasteiger partial charge in [-0.05, 0) is 64.9 Å². The number of rotatable bonds is 12. The summed E-state index contributed by atoms with van der Waals surface area (Å²) < 4.78 is 31.7. The minimum atomic E-state index is -5.08. The van der Waals surface area contributed by atoms with Crippen molar-refractivity contribution in [2.24, 2.45) is 5.73 Å². The van der Waals surface area contributed by atoms with Crippen molar-refractivity contribution in [1.29, 1.82) is 0 Å². The fourth-order valence-electron chi connectivity index (χ4n) is 5.90. The molecule has 2 aromatic heterocycles. The number of carbonyl (C=O) groups excluding carboxylic acids is 2. The summed E-state index contributed by atoms with van der Waals surface area (Å²) in [5.74, 6) is -2.79. The van der Waals surface area contributed by atoms with Crippen molar-refractivity contribution in [3.05, 3.63) is 132 Å². The van der Waals surface area contributed by atoms with Crippen LogP contribution in [0.4, 0.5) is 13.2 Å². The number of benzene rings is 4. The van der Waals surface area contributed by atoms with E-state index in [-0.39, 0.29) is 11.8 Å². The van der Waals surface area contributed by atoms with Crippen molar-refractivity contribution in [1.82, 2.24) is 20.2 Å². The van der Waals surface area contributed by atoms with E-state index in [2.05, 4.69) is 45.6 Å². The van der Waals surface area contributed by atoms with E-state index < -0.39 is 12.1 Å². The fraction of sp³-hybridized carbons (Fsp3) is 0.205. The predicted molar refractivity (Wildman–Crippen MR) is 191 cm³/mol. The average molecular weight is 698 g/mol. The number of aromatic amines is 2. The molecule has 0 aliphatic rings. The largest absolute Gasteiger partial charge is 0.490 e. The smallest absolute Gasteiger partial charge is 0.475 e. The Kier molecular flexibility index (Phi) is 11.9. The topological polar surface area (TPSA) is 144 Å². The molecule has 6 N–H and O–H groups in total. The third-order valence-corrected chi connectivity index (χ3v) is 8.42. The number of aromatic nitrogens is 2.